The summed E-state index contributed by atoms with van der Waals surface area (Å²) in [6.45, 7) is 0. The highest BCUT2D eigenvalue weighted by atomic mass is 16.5. The number of carbonyl (C=O) groups is 2. The van der Waals surface area contributed by atoms with E-state index in [1.165, 1.54) is 32.1 Å². The number of hydrogen-bond donors (Lipinski definition) is 1. The van der Waals surface area contributed by atoms with Crippen molar-refractivity contribution in [2.75, 3.05) is 0 Å². The van der Waals surface area contributed by atoms with Crippen LogP contribution < -0.4 is 15.2 Å². The summed E-state index contributed by atoms with van der Waals surface area (Å²) in [6, 6.07) is 7.01. The highest BCUT2D eigenvalue weighted by Gasteiger charge is 2.54. The highest BCUT2D eigenvalue weighted by Crippen LogP contribution is 2.60. The van der Waals surface area contributed by atoms with E-state index in [0.29, 0.717) is 17.8 Å². The molecule has 1 atom stereocenters. The van der Waals surface area contributed by atoms with E-state index < -0.39 is 12.0 Å². The Labute approximate surface area is 178 Å². The van der Waals surface area contributed by atoms with E-state index in [0.717, 1.165) is 43.4 Å². The molecule has 6 rings (SSSR count). The number of amides is 1. The third kappa shape index (κ3) is 3.95. The van der Waals surface area contributed by atoms with Crippen molar-refractivity contribution in [2.45, 2.75) is 82.8 Å². The summed E-state index contributed by atoms with van der Waals surface area (Å²) in [7, 11) is 0. The lowest BCUT2D eigenvalue weighted by molar-refractivity contribution is -0.306. The van der Waals surface area contributed by atoms with Crippen LogP contribution in [0, 0.1) is 23.2 Å². The average molecular weight is 411 g/mol. The van der Waals surface area contributed by atoms with Gasteiger partial charge in [-0.15, -0.1) is 0 Å². The molecule has 5 fully saturated rings. The van der Waals surface area contributed by atoms with Gasteiger partial charge in [0, 0.05) is 17.8 Å². The minimum atomic E-state index is -1.14. The highest BCUT2D eigenvalue weighted by molar-refractivity contribution is 5.84. The van der Waals surface area contributed by atoms with Crippen LogP contribution >= 0.6 is 0 Å². The zero-order chi connectivity index (χ0) is 20.7. The molecular formula is C25H32NO4-. The first-order chi connectivity index (χ1) is 14.5. The van der Waals surface area contributed by atoms with Gasteiger partial charge in [0.15, 0.2) is 0 Å². The molecule has 30 heavy (non-hydrogen) atoms. The number of aliphatic carboxylic acids is 1. The lowest BCUT2D eigenvalue weighted by Gasteiger charge is -2.55. The molecular weight excluding hydrogens is 378 g/mol. The Balaban J connectivity index is 1.29. The monoisotopic (exact) mass is 410 g/mol. The zero-order valence-electron chi connectivity index (χ0n) is 17.6. The van der Waals surface area contributed by atoms with E-state index in [4.69, 9.17) is 4.74 Å². The van der Waals surface area contributed by atoms with Crippen molar-refractivity contribution in [3.8, 4) is 5.75 Å². The van der Waals surface area contributed by atoms with Gasteiger partial charge in [0.1, 0.15) is 5.75 Å². The normalized spacial score (nSPS) is 33.4. The van der Waals surface area contributed by atoms with Crippen molar-refractivity contribution >= 4 is 11.9 Å². The molecule has 1 amide bonds. The van der Waals surface area contributed by atoms with E-state index in [2.05, 4.69) is 5.32 Å². The summed E-state index contributed by atoms with van der Waals surface area (Å²) in [6.07, 6.45) is 11.4. The number of hydrogen-bond acceptors (Lipinski definition) is 4. The Morgan fingerprint density at radius 3 is 2.10 bits per heavy atom. The third-order valence-corrected chi connectivity index (χ3v) is 8.08. The third-order valence-electron chi connectivity index (χ3n) is 8.08. The number of ether oxygens (including phenoxy) is 1. The maximum absolute atomic E-state index is 13.4. The number of carbonyl (C=O) groups excluding carboxylic acids is 2. The molecule has 0 aliphatic heterocycles. The van der Waals surface area contributed by atoms with Gasteiger partial charge >= 0.3 is 0 Å². The molecule has 162 valence electrons. The molecule has 1 N–H and O–H groups in total. The smallest absolute Gasteiger partial charge is 0.226 e. The second kappa shape index (κ2) is 7.90. The first kappa shape index (κ1) is 19.9. The van der Waals surface area contributed by atoms with Gasteiger partial charge in [0.05, 0.1) is 12.1 Å². The Bertz CT molecular complexity index is 761. The van der Waals surface area contributed by atoms with E-state index in [1.54, 1.807) is 0 Å². The SMILES string of the molecule is O=C([O-])C[C@H](NC(=O)C12CC3CC(CC(C3)C1)C2)c1ccc(OC2CCCC2)cc1. The van der Waals surface area contributed by atoms with Crippen molar-refractivity contribution < 1.29 is 19.4 Å². The summed E-state index contributed by atoms with van der Waals surface area (Å²) in [5, 5.41) is 14.5. The fraction of sp³-hybridized carbons (Fsp3) is 0.680. The molecule has 5 aliphatic rings. The molecule has 5 aliphatic carbocycles. The maximum atomic E-state index is 13.4. The quantitative estimate of drug-likeness (QED) is 0.746. The molecule has 4 bridgehead atoms. The molecule has 5 heteroatoms. The van der Waals surface area contributed by atoms with E-state index >= 15 is 0 Å². The predicted molar refractivity (Wildman–Crippen MR) is 110 cm³/mol. The predicted octanol–water partition coefficient (Wildman–Crippen LogP) is 3.52. The van der Waals surface area contributed by atoms with Crippen molar-refractivity contribution in [1.82, 2.24) is 5.32 Å². The molecule has 5 nitrogen and oxygen atoms in total. The molecule has 0 saturated heterocycles. The van der Waals surface area contributed by atoms with Gasteiger partial charge in [-0.3, -0.25) is 4.79 Å². The van der Waals surface area contributed by atoms with Gasteiger partial charge in [-0.1, -0.05) is 12.1 Å². The lowest BCUT2D eigenvalue weighted by Crippen LogP contribution is -2.54. The molecule has 0 radical (unpaired) electrons. The van der Waals surface area contributed by atoms with Crippen LogP contribution in [0.15, 0.2) is 24.3 Å². The number of benzene rings is 1. The van der Waals surface area contributed by atoms with Crippen LogP contribution in [0.1, 0.15) is 82.2 Å². The summed E-state index contributed by atoms with van der Waals surface area (Å²) >= 11 is 0. The van der Waals surface area contributed by atoms with Gasteiger partial charge in [-0.05, 0) is 99.7 Å². The first-order valence-corrected chi connectivity index (χ1v) is 11.8. The summed E-state index contributed by atoms with van der Waals surface area (Å²) in [5.74, 6) is 1.75. The Morgan fingerprint density at radius 2 is 1.57 bits per heavy atom. The zero-order valence-corrected chi connectivity index (χ0v) is 17.6. The van der Waals surface area contributed by atoms with Gasteiger partial charge in [0.25, 0.3) is 0 Å². The lowest BCUT2D eigenvalue weighted by atomic mass is 9.49. The van der Waals surface area contributed by atoms with E-state index in [1.807, 2.05) is 24.3 Å². The number of carboxylic acids is 1. The van der Waals surface area contributed by atoms with Crippen molar-refractivity contribution in [3.05, 3.63) is 29.8 Å². The maximum Gasteiger partial charge on any atom is 0.226 e. The van der Waals surface area contributed by atoms with Crippen LogP contribution in [0.4, 0.5) is 0 Å². The minimum absolute atomic E-state index is 0.0548. The summed E-state index contributed by atoms with van der Waals surface area (Å²) < 4.78 is 6.02. The largest absolute Gasteiger partial charge is 0.550 e. The Hall–Kier alpha value is -2.04. The van der Waals surface area contributed by atoms with E-state index in [9.17, 15) is 14.7 Å². The molecule has 5 saturated carbocycles. The Kier molecular flexibility index (Phi) is 5.24. The fourth-order valence-corrected chi connectivity index (χ4v) is 7.10. The average Bonchev–Trinajstić information content (AvgIpc) is 3.20. The van der Waals surface area contributed by atoms with Gasteiger partial charge < -0.3 is 20.0 Å². The van der Waals surface area contributed by atoms with Crippen molar-refractivity contribution in [3.63, 3.8) is 0 Å². The molecule has 0 spiro atoms. The molecule has 1 aromatic rings. The standard InChI is InChI=1S/C25H33NO4/c27-23(28)12-22(19-5-7-21(8-6-19)30-20-3-1-2-4-20)26-24(29)25-13-16-9-17(14-25)11-18(10-16)15-25/h5-8,16-18,20,22H,1-4,9-15H2,(H,26,29)(H,27,28)/p-1/t16?,17?,18?,22-,25?/m0/s1. The first-order valence-electron chi connectivity index (χ1n) is 11.8. The van der Waals surface area contributed by atoms with Crippen LogP contribution in [-0.4, -0.2) is 18.0 Å². The molecule has 0 heterocycles. The Morgan fingerprint density at radius 1 is 1.00 bits per heavy atom. The topological polar surface area (TPSA) is 78.5 Å². The van der Waals surface area contributed by atoms with Crippen molar-refractivity contribution in [2.24, 2.45) is 23.2 Å². The second-order valence-corrected chi connectivity index (χ2v) is 10.4. The number of carboxylic acid groups (broad SMARTS) is 1. The van der Waals surface area contributed by atoms with E-state index in [-0.39, 0.29) is 23.8 Å². The number of nitrogens with one attached hydrogen (secondary N) is 1. The van der Waals surface area contributed by atoms with Crippen LogP contribution in [0.25, 0.3) is 0 Å². The van der Waals surface area contributed by atoms with Crippen LogP contribution in [0.3, 0.4) is 0 Å². The van der Waals surface area contributed by atoms with Crippen molar-refractivity contribution in [1.29, 1.82) is 0 Å². The number of rotatable bonds is 7. The van der Waals surface area contributed by atoms with Gasteiger partial charge in [-0.25, -0.2) is 0 Å². The molecule has 1 aromatic carbocycles. The van der Waals surface area contributed by atoms with Gasteiger partial charge in [0.2, 0.25) is 5.91 Å². The summed E-state index contributed by atoms with van der Waals surface area (Å²) in [5.41, 5.74) is 0.515. The fourth-order valence-electron chi connectivity index (χ4n) is 7.10. The summed E-state index contributed by atoms with van der Waals surface area (Å²) in [4.78, 5) is 24.8. The van der Waals surface area contributed by atoms with Crippen LogP contribution in [0.2, 0.25) is 0 Å². The van der Waals surface area contributed by atoms with Crippen LogP contribution in [-0.2, 0) is 9.59 Å². The minimum Gasteiger partial charge on any atom is -0.550 e. The molecule has 0 unspecified atom stereocenters. The van der Waals surface area contributed by atoms with Crippen LogP contribution in [0.5, 0.6) is 5.75 Å². The van der Waals surface area contributed by atoms with Gasteiger partial charge in [-0.2, -0.15) is 0 Å². The molecule has 0 aromatic heterocycles. The second-order valence-electron chi connectivity index (χ2n) is 10.4.